The van der Waals surface area contributed by atoms with E-state index >= 15 is 0 Å². The molecule has 2 aliphatic rings. The second kappa shape index (κ2) is 11.8. The van der Waals surface area contributed by atoms with Crippen molar-refractivity contribution < 1.29 is 14.6 Å². The van der Waals surface area contributed by atoms with Crippen molar-refractivity contribution in [1.29, 1.82) is 0 Å². The van der Waals surface area contributed by atoms with E-state index in [1.54, 1.807) is 0 Å². The minimum atomic E-state index is -0.371. The molecule has 0 spiro atoms. The number of carbonyl (C=O) groups excluding carboxylic acids is 1. The summed E-state index contributed by atoms with van der Waals surface area (Å²) in [6.07, 6.45) is 2.74. The van der Waals surface area contributed by atoms with E-state index in [1.165, 1.54) is 5.56 Å². The van der Waals surface area contributed by atoms with Gasteiger partial charge in [-0.25, -0.2) is 0 Å². The largest absolute Gasteiger partial charge is 0.393 e. The van der Waals surface area contributed by atoms with E-state index in [9.17, 15) is 9.90 Å². The van der Waals surface area contributed by atoms with Gasteiger partial charge in [0.2, 0.25) is 5.91 Å². The topological polar surface area (TPSA) is 87.8 Å². The molecule has 0 aliphatic carbocycles. The van der Waals surface area contributed by atoms with Gasteiger partial charge in [-0.1, -0.05) is 24.3 Å². The van der Waals surface area contributed by atoms with Gasteiger partial charge in [0.1, 0.15) is 6.10 Å². The molecule has 0 bridgehead atoms. The molecule has 2 saturated heterocycles. The fourth-order valence-electron chi connectivity index (χ4n) is 3.57. The third-order valence-corrected chi connectivity index (χ3v) is 5.19. The molecule has 0 radical (unpaired) electrons. The number of carbonyl (C=O) groups is 1. The number of piperidine rings is 1. The van der Waals surface area contributed by atoms with Crippen LogP contribution < -0.4 is 11.1 Å². The Morgan fingerprint density at radius 1 is 1.15 bits per heavy atom. The average molecular weight is 420 g/mol. The van der Waals surface area contributed by atoms with Crippen LogP contribution in [0.1, 0.15) is 36.8 Å². The summed E-state index contributed by atoms with van der Waals surface area (Å²) in [5.41, 5.74) is 7.96. The molecule has 2 fully saturated rings. The molecule has 3 rings (SSSR count). The molecule has 27 heavy (non-hydrogen) atoms. The third kappa shape index (κ3) is 6.89. The lowest BCUT2D eigenvalue weighted by molar-refractivity contribution is -0.132. The summed E-state index contributed by atoms with van der Waals surface area (Å²) in [4.78, 5) is 14.7. The van der Waals surface area contributed by atoms with Crippen LogP contribution in [0.2, 0.25) is 0 Å². The number of benzene rings is 1. The SMILES string of the molecule is Cl.Cl.NC[C@H]1CC[C@@H](C(=O)NCc2ccccc2CN2CCC(O)CC2)O1. The number of likely N-dealkylation sites (tertiary alicyclic amines) is 1. The van der Waals surface area contributed by atoms with Crippen LogP contribution in [0.5, 0.6) is 0 Å². The molecule has 154 valence electrons. The van der Waals surface area contributed by atoms with Crippen LogP contribution in [0.15, 0.2) is 24.3 Å². The van der Waals surface area contributed by atoms with Crippen molar-refractivity contribution in [3.05, 3.63) is 35.4 Å². The first-order valence-corrected chi connectivity index (χ1v) is 9.26. The van der Waals surface area contributed by atoms with Gasteiger partial charge in [0, 0.05) is 32.7 Å². The molecule has 0 saturated carbocycles. The second-order valence-electron chi connectivity index (χ2n) is 7.05. The standard InChI is InChI=1S/C19H29N3O3.2ClH/c20-11-17-5-6-18(25-17)19(24)21-12-14-3-1-2-4-15(14)13-22-9-7-16(23)8-10-22;;/h1-4,16-18,23H,5-13,20H2,(H,21,24);2*1H/t17-,18+;;/m1../s1. The van der Waals surface area contributed by atoms with Gasteiger partial charge in [-0.05, 0) is 36.8 Å². The highest BCUT2D eigenvalue weighted by Crippen LogP contribution is 2.20. The zero-order chi connectivity index (χ0) is 17.6. The highest BCUT2D eigenvalue weighted by atomic mass is 35.5. The molecule has 1 aromatic rings. The Morgan fingerprint density at radius 2 is 1.81 bits per heavy atom. The summed E-state index contributed by atoms with van der Waals surface area (Å²) < 4.78 is 5.65. The normalized spacial score (nSPS) is 23.3. The number of nitrogens with one attached hydrogen (secondary N) is 1. The Hall–Kier alpha value is -0.890. The number of aliphatic hydroxyl groups is 1. The molecule has 2 heterocycles. The van der Waals surface area contributed by atoms with Crippen LogP contribution in [0.25, 0.3) is 0 Å². The number of amides is 1. The van der Waals surface area contributed by atoms with Crippen molar-refractivity contribution in [2.24, 2.45) is 5.73 Å². The molecule has 6 nitrogen and oxygen atoms in total. The first-order valence-electron chi connectivity index (χ1n) is 9.26. The molecule has 1 amide bonds. The summed E-state index contributed by atoms with van der Waals surface area (Å²) >= 11 is 0. The quantitative estimate of drug-likeness (QED) is 0.651. The van der Waals surface area contributed by atoms with Crippen molar-refractivity contribution in [3.8, 4) is 0 Å². The van der Waals surface area contributed by atoms with Crippen LogP contribution in [-0.2, 0) is 22.6 Å². The van der Waals surface area contributed by atoms with Crippen molar-refractivity contribution >= 4 is 30.7 Å². The van der Waals surface area contributed by atoms with Gasteiger partial charge >= 0.3 is 0 Å². The fraction of sp³-hybridized carbons (Fsp3) is 0.632. The molecule has 0 unspecified atom stereocenters. The monoisotopic (exact) mass is 419 g/mol. The van der Waals surface area contributed by atoms with E-state index in [1.807, 2.05) is 12.1 Å². The smallest absolute Gasteiger partial charge is 0.249 e. The maximum atomic E-state index is 12.3. The first-order chi connectivity index (χ1) is 12.2. The van der Waals surface area contributed by atoms with Crippen LogP contribution in [0.4, 0.5) is 0 Å². The van der Waals surface area contributed by atoms with E-state index in [4.69, 9.17) is 10.5 Å². The zero-order valence-electron chi connectivity index (χ0n) is 15.5. The molecular formula is C19H31Cl2N3O3. The fourth-order valence-corrected chi connectivity index (χ4v) is 3.57. The van der Waals surface area contributed by atoms with E-state index < -0.39 is 0 Å². The van der Waals surface area contributed by atoms with Crippen LogP contribution in [0, 0.1) is 0 Å². The maximum absolute atomic E-state index is 12.3. The minimum Gasteiger partial charge on any atom is -0.393 e. The lowest BCUT2D eigenvalue weighted by atomic mass is 10.0. The van der Waals surface area contributed by atoms with Crippen LogP contribution in [0.3, 0.4) is 0 Å². The van der Waals surface area contributed by atoms with Crippen molar-refractivity contribution in [3.63, 3.8) is 0 Å². The van der Waals surface area contributed by atoms with Gasteiger partial charge in [-0.2, -0.15) is 0 Å². The molecule has 4 N–H and O–H groups in total. The van der Waals surface area contributed by atoms with Crippen LogP contribution in [-0.4, -0.2) is 53.9 Å². The third-order valence-electron chi connectivity index (χ3n) is 5.19. The van der Waals surface area contributed by atoms with E-state index in [2.05, 4.69) is 22.3 Å². The average Bonchev–Trinajstić information content (AvgIpc) is 3.12. The minimum absolute atomic E-state index is 0. The highest BCUT2D eigenvalue weighted by Gasteiger charge is 2.29. The lowest BCUT2D eigenvalue weighted by Gasteiger charge is -2.30. The number of hydrogen-bond acceptors (Lipinski definition) is 5. The Balaban J connectivity index is 0.00000182. The van der Waals surface area contributed by atoms with Gasteiger partial charge in [0.05, 0.1) is 12.2 Å². The molecule has 2 atom stereocenters. The number of aliphatic hydroxyl groups excluding tert-OH is 1. The van der Waals surface area contributed by atoms with Crippen molar-refractivity contribution in [2.45, 2.75) is 57.1 Å². The van der Waals surface area contributed by atoms with E-state index in [0.717, 1.165) is 50.9 Å². The number of nitrogens with two attached hydrogens (primary N) is 1. The molecule has 1 aromatic carbocycles. The summed E-state index contributed by atoms with van der Waals surface area (Å²) in [6.45, 7) is 3.67. The zero-order valence-corrected chi connectivity index (χ0v) is 17.1. The van der Waals surface area contributed by atoms with Gasteiger partial charge in [0.25, 0.3) is 0 Å². The Kier molecular flexibility index (Phi) is 10.6. The first kappa shape index (κ1) is 24.1. The van der Waals surface area contributed by atoms with Gasteiger partial charge < -0.3 is 20.9 Å². The number of ether oxygens (including phenoxy) is 1. The van der Waals surface area contributed by atoms with Gasteiger partial charge in [-0.3, -0.25) is 9.69 Å². The summed E-state index contributed by atoms with van der Waals surface area (Å²) in [6, 6.07) is 8.21. The van der Waals surface area contributed by atoms with E-state index in [-0.39, 0.29) is 49.0 Å². The Bertz CT molecular complexity index is 583. The van der Waals surface area contributed by atoms with Gasteiger partial charge in [0.15, 0.2) is 0 Å². The summed E-state index contributed by atoms with van der Waals surface area (Å²) in [5, 5.41) is 12.6. The number of hydrogen-bond donors (Lipinski definition) is 3. The van der Waals surface area contributed by atoms with E-state index in [0.29, 0.717) is 13.1 Å². The molecule has 0 aromatic heterocycles. The Morgan fingerprint density at radius 3 is 2.44 bits per heavy atom. The lowest BCUT2D eigenvalue weighted by Crippen LogP contribution is -2.36. The van der Waals surface area contributed by atoms with Crippen molar-refractivity contribution in [1.82, 2.24) is 10.2 Å². The highest BCUT2D eigenvalue weighted by molar-refractivity contribution is 5.85. The second-order valence-corrected chi connectivity index (χ2v) is 7.05. The van der Waals surface area contributed by atoms with Gasteiger partial charge in [-0.15, -0.1) is 24.8 Å². The molecule has 2 aliphatic heterocycles. The maximum Gasteiger partial charge on any atom is 0.249 e. The Labute approximate surface area is 173 Å². The number of rotatable bonds is 6. The van der Waals surface area contributed by atoms with Crippen molar-refractivity contribution in [2.75, 3.05) is 19.6 Å². The molecular weight excluding hydrogens is 389 g/mol. The summed E-state index contributed by atoms with van der Waals surface area (Å²) in [7, 11) is 0. The summed E-state index contributed by atoms with van der Waals surface area (Å²) in [5.74, 6) is -0.0492. The number of nitrogens with zero attached hydrogens (tertiary/aromatic N) is 1. The predicted molar refractivity (Wildman–Crippen MR) is 110 cm³/mol. The predicted octanol–water partition coefficient (Wildman–Crippen LogP) is 1.61. The molecule has 8 heteroatoms. The number of halogens is 2. The van der Waals surface area contributed by atoms with Crippen LogP contribution >= 0.6 is 24.8 Å².